The minimum Gasteiger partial charge on any atom is -0.453 e. The number of carbonyl (C=O) groups is 3. The number of allylic oxidation sites excluding steroid dienone is 1. The standard InChI is InChI=1S/C26H37IN7O3P.C2H5NO2/c1-18(2)14-15-19(28-3)24-25(29-4)34(38-27)21(31-24)17-33-16-10-11-20(26(33)37)30-22(35)12-8-7-9-13-23(36)32(5)6;1-5-2(3)4/h9-11,13,16,18,38H,4,7-8,12,14-15,17H2,1-3,5-6H3,(H,30,35);1H3,(H2,3,4)/b13-9+,28-19?;. The SMILES string of the molecule is C=Nc1c(C(CCC(C)C)=NC)nc(Cn2cccc(NC(=O)CCC/C=C/C(=O)N(C)C)c2=O)n1PI.COC(N)=O. The van der Waals surface area contributed by atoms with Crippen molar-refractivity contribution >= 4 is 70.3 Å². The van der Waals surface area contributed by atoms with E-state index in [0.717, 1.165) is 18.6 Å². The second-order valence-electron chi connectivity index (χ2n) is 9.83. The molecule has 0 aliphatic heterocycles. The van der Waals surface area contributed by atoms with E-state index < -0.39 is 6.09 Å². The van der Waals surface area contributed by atoms with E-state index in [1.54, 1.807) is 45.5 Å². The van der Waals surface area contributed by atoms with E-state index in [1.807, 2.05) is 4.34 Å². The molecule has 0 saturated carbocycles. The smallest absolute Gasteiger partial charge is 0.404 e. The number of primary amides is 1. The van der Waals surface area contributed by atoms with Gasteiger partial charge >= 0.3 is 6.09 Å². The lowest BCUT2D eigenvalue weighted by atomic mass is 10.0. The Balaban J connectivity index is 0.00000170. The van der Waals surface area contributed by atoms with Gasteiger partial charge in [0.2, 0.25) is 11.8 Å². The Bertz CT molecular complexity index is 1370. The maximum absolute atomic E-state index is 13.2. The second kappa shape index (κ2) is 19.7. The minimum absolute atomic E-state index is 0.0973. The zero-order valence-electron chi connectivity index (χ0n) is 25.6. The summed E-state index contributed by atoms with van der Waals surface area (Å²) < 4.78 is 7.37. The van der Waals surface area contributed by atoms with E-state index in [4.69, 9.17) is 4.98 Å². The molecule has 2 heterocycles. The van der Waals surface area contributed by atoms with Crippen molar-refractivity contribution in [1.82, 2.24) is 18.8 Å². The number of halogens is 1. The Morgan fingerprint density at radius 2 is 1.98 bits per heavy atom. The summed E-state index contributed by atoms with van der Waals surface area (Å²) in [6, 6.07) is 3.32. The largest absolute Gasteiger partial charge is 0.453 e. The van der Waals surface area contributed by atoms with E-state index in [9.17, 15) is 19.2 Å². The van der Waals surface area contributed by atoms with Gasteiger partial charge in [0.05, 0.1) is 25.7 Å². The number of unbranched alkanes of at least 4 members (excludes halogenated alkanes) is 1. The van der Waals surface area contributed by atoms with Gasteiger partial charge in [-0.3, -0.25) is 23.7 Å². The molecule has 2 aromatic heterocycles. The Morgan fingerprint density at radius 1 is 1.30 bits per heavy atom. The second-order valence-corrected chi connectivity index (χ2v) is 11.9. The summed E-state index contributed by atoms with van der Waals surface area (Å²) in [4.78, 5) is 61.5. The molecule has 0 saturated heterocycles. The van der Waals surface area contributed by atoms with Crippen LogP contribution in [-0.4, -0.2) is 77.4 Å². The van der Waals surface area contributed by atoms with Crippen LogP contribution >= 0.6 is 28.4 Å². The van der Waals surface area contributed by atoms with Crippen LogP contribution < -0.4 is 16.6 Å². The summed E-state index contributed by atoms with van der Waals surface area (Å²) in [6.45, 7) is 8.29. The predicted molar refractivity (Wildman–Crippen MR) is 182 cm³/mol. The van der Waals surface area contributed by atoms with Gasteiger partial charge in [-0.25, -0.2) is 14.8 Å². The molecular weight excluding hydrogens is 686 g/mol. The number of anilines is 1. The number of ether oxygens (including phenoxy) is 1. The van der Waals surface area contributed by atoms with Crippen molar-refractivity contribution < 1.29 is 19.1 Å². The minimum atomic E-state index is -0.745. The Labute approximate surface area is 267 Å². The number of methoxy groups -OCH3 is 1. The molecule has 0 aliphatic rings. The lowest BCUT2D eigenvalue weighted by Crippen LogP contribution is -2.26. The van der Waals surface area contributed by atoms with Gasteiger partial charge in [-0.1, -0.05) is 19.9 Å². The van der Waals surface area contributed by atoms with Crippen LogP contribution in [0.1, 0.15) is 57.5 Å². The van der Waals surface area contributed by atoms with Crippen LogP contribution in [0.3, 0.4) is 0 Å². The first kappa shape index (κ1) is 37.6. The first-order chi connectivity index (χ1) is 20.4. The van der Waals surface area contributed by atoms with Crippen LogP contribution in [-0.2, 0) is 20.9 Å². The maximum atomic E-state index is 13.2. The molecule has 1 unspecified atom stereocenters. The molecular formula is C28H42IN8O5P. The molecule has 1 atom stereocenters. The number of nitrogens with two attached hydrogens (primary N) is 1. The van der Waals surface area contributed by atoms with Gasteiger partial charge < -0.3 is 25.3 Å². The van der Waals surface area contributed by atoms with Gasteiger partial charge in [-0.2, -0.15) is 0 Å². The van der Waals surface area contributed by atoms with E-state index >= 15 is 0 Å². The summed E-state index contributed by atoms with van der Waals surface area (Å²) >= 11 is 2.26. The summed E-state index contributed by atoms with van der Waals surface area (Å²) in [6.07, 6.45) is 7.63. The first-order valence-electron chi connectivity index (χ1n) is 13.5. The number of imidazole rings is 1. The number of hydrogen-bond acceptors (Lipinski definition) is 8. The number of carbonyl (C=O) groups excluding carboxylic acids is 3. The van der Waals surface area contributed by atoms with E-state index in [2.05, 4.69) is 68.4 Å². The van der Waals surface area contributed by atoms with Gasteiger partial charge in [0.15, 0.2) is 5.82 Å². The number of pyridine rings is 1. The number of amides is 3. The molecule has 0 aromatic carbocycles. The van der Waals surface area contributed by atoms with Crippen LogP contribution in [0.5, 0.6) is 0 Å². The lowest BCUT2D eigenvalue weighted by Gasteiger charge is -2.10. The average Bonchev–Trinajstić information content (AvgIpc) is 3.32. The number of likely N-dealkylation sites (N-methyl/N-ethyl adjacent to an activating group) is 1. The fraction of sp³-hybridized carbons (Fsp3) is 0.464. The third-order valence-corrected chi connectivity index (χ3v) is 8.03. The highest BCUT2D eigenvalue weighted by atomic mass is 127. The van der Waals surface area contributed by atoms with Crippen molar-refractivity contribution in [3.8, 4) is 0 Å². The van der Waals surface area contributed by atoms with Crippen LogP contribution in [0.15, 0.2) is 45.3 Å². The van der Waals surface area contributed by atoms with Gasteiger partial charge in [-0.05, 0) is 78.6 Å². The van der Waals surface area contributed by atoms with Crippen LogP contribution in [0, 0.1) is 5.92 Å². The van der Waals surface area contributed by atoms with Crippen molar-refractivity contribution in [3.63, 3.8) is 0 Å². The highest BCUT2D eigenvalue weighted by Gasteiger charge is 2.21. The summed E-state index contributed by atoms with van der Waals surface area (Å²) in [5.74, 6) is 1.50. The van der Waals surface area contributed by atoms with Crippen molar-refractivity contribution in [2.75, 3.05) is 33.6 Å². The number of nitrogens with one attached hydrogen (secondary N) is 1. The molecule has 2 rings (SSSR count). The van der Waals surface area contributed by atoms with Crippen LogP contribution in [0.25, 0.3) is 0 Å². The zero-order valence-corrected chi connectivity index (χ0v) is 28.8. The normalized spacial score (nSPS) is 11.5. The van der Waals surface area contributed by atoms with Crippen molar-refractivity contribution in [3.05, 3.63) is 52.4 Å². The topological polar surface area (TPSA) is 166 Å². The molecule has 0 fully saturated rings. The molecule has 236 valence electrons. The predicted octanol–water partition coefficient (Wildman–Crippen LogP) is 4.54. The molecule has 0 radical (unpaired) electrons. The molecule has 43 heavy (non-hydrogen) atoms. The van der Waals surface area contributed by atoms with E-state index in [-0.39, 0.29) is 36.0 Å². The summed E-state index contributed by atoms with van der Waals surface area (Å²) in [5, 5.41) is 2.72. The molecule has 3 N–H and O–H groups in total. The summed E-state index contributed by atoms with van der Waals surface area (Å²) in [5.41, 5.74) is 5.88. The van der Waals surface area contributed by atoms with E-state index in [1.165, 1.54) is 22.7 Å². The fourth-order valence-corrected chi connectivity index (χ4v) is 5.58. The molecule has 0 bridgehead atoms. The Hall–Kier alpha value is -3.39. The van der Waals surface area contributed by atoms with Crippen molar-refractivity contribution in [2.24, 2.45) is 21.6 Å². The van der Waals surface area contributed by atoms with Gasteiger partial charge in [-0.15, -0.1) is 0 Å². The molecule has 13 nitrogen and oxygen atoms in total. The number of hydrogen-bond donors (Lipinski definition) is 2. The molecule has 0 spiro atoms. The van der Waals surface area contributed by atoms with Crippen LogP contribution in [0.2, 0.25) is 0 Å². The lowest BCUT2D eigenvalue weighted by molar-refractivity contribution is -0.123. The van der Waals surface area contributed by atoms with E-state index in [0.29, 0.717) is 42.5 Å². The van der Waals surface area contributed by atoms with Crippen molar-refractivity contribution in [1.29, 1.82) is 0 Å². The fourth-order valence-electron chi connectivity index (χ4n) is 3.59. The number of rotatable bonds is 14. The quantitative estimate of drug-likeness (QED) is 0.0954. The van der Waals surface area contributed by atoms with Gasteiger partial charge in [0.1, 0.15) is 17.2 Å². The number of aliphatic imine (C=N–C) groups is 2. The first-order valence-corrected chi connectivity index (χ1v) is 17.6. The monoisotopic (exact) mass is 728 g/mol. The van der Waals surface area contributed by atoms with Crippen molar-refractivity contribution in [2.45, 2.75) is 52.5 Å². The maximum Gasteiger partial charge on any atom is 0.404 e. The van der Waals surface area contributed by atoms with Gasteiger partial charge in [0.25, 0.3) is 5.56 Å². The highest BCUT2D eigenvalue weighted by Crippen LogP contribution is 2.36. The molecule has 2 aromatic rings. The Morgan fingerprint density at radius 3 is 2.51 bits per heavy atom. The van der Waals surface area contributed by atoms with Crippen LogP contribution in [0.4, 0.5) is 16.3 Å². The number of nitrogens with zero attached hydrogens (tertiary/aromatic N) is 6. The Kier molecular flexibility index (Phi) is 17.3. The number of aromatic nitrogens is 3. The van der Waals surface area contributed by atoms with Gasteiger partial charge in [0, 0.05) is 33.8 Å². The third kappa shape index (κ3) is 12.8. The average molecular weight is 729 g/mol. The highest BCUT2D eigenvalue weighted by molar-refractivity contribution is 14.2. The third-order valence-electron chi connectivity index (χ3n) is 5.94. The zero-order chi connectivity index (χ0) is 32.5. The molecule has 3 amide bonds. The molecule has 15 heteroatoms. The molecule has 0 aliphatic carbocycles. The summed E-state index contributed by atoms with van der Waals surface area (Å²) in [7, 11) is 6.34.